The molecular weight excluding hydrogens is 833 g/mol. The van der Waals surface area contributed by atoms with Gasteiger partial charge >= 0.3 is 0 Å². The van der Waals surface area contributed by atoms with Crippen LogP contribution in [0.3, 0.4) is 0 Å². The number of anilines is 6. The van der Waals surface area contributed by atoms with Gasteiger partial charge in [0.05, 0.1) is 28.2 Å². The smallest absolute Gasteiger partial charge is 0.0755 e. The highest BCUT2D eigenvalue weighted by molar-refractivity contribution is 6.00. The predicted molar refractivity (Wildman–Crippen MR) is 288 cm³/mol. The Morgan fingerprint density at radius 1 is 0.261 bits per heavy atom. The van der Waals surface area contributed by atoms with E-state index in [0.29, 0.717) is 0 Å². The van der Waals surface area contributed by atoms with E-state index in [0.717, 1.165) is 39.4 Å². The molecule has 1 aliphatic carbocycles. The third-order valence-electron chi connectivity index (χ3n) is 14.3. The highest BCUT2D eigenvalue weighted by atomic mass is 15.2. The first-order valence-electron chi connectivity index (χ1n) is 23.8. The molecule has 2 aliphatic rings. The van der Waals surface area contributed by atoms with Crippen molar-refractivity contribution < 1.29 is 0 Å². The van der Waals surface area contributed by atoms with Gasteiger partial charge in [0.15, 0.2) is 0 Å². The predicted octanol–water partition coefficient (Wildman–Crippen LogP) is 18.0. The Labute approximate surface area is 404 Å². The van der Waals surface area contributed by atoms with Crippen LogP contribution in [0.5, 0.6) is 0 Å². The molecule has 0 radical (unpaired) electrons. The Balaban J connectivity index is 1.08. The Hall–Kier alpha value is -8.98. The van der Waals surface area contributed by atoms with E-state index in [2.05, 4.69) is 289 Å². The van der Waals surface area contributed by atoms with E-state index in [1.165, 1.54) is 72.6 Å². The van der Waals surface area contributed by atoms with Gasteiger partial charge in [-0.3, -0.25) is 0 Å². The summed E-state index contributed by atoms with van der Waals surface area (Å²) in [6, 6.07) is 102. The molecular formula is C67H46N2. The second-order valence-corrected chi connectivity index (χ2v) is 18.0. The van der Waals surface area contributed by atoms with Crippen molar-refractivity contribution in [2.24, 2.45) is 0 Å². The molecule has 11 aromatic carbocycles. The zero-order chi connectivity index (χ0) is 45.7. The number of nitrogens with zero attached hydrogens (tertiary/aromatic N) is 2. The van der Waals surface area contributed by atoms with Crippen molar-refractivity contribution in [3.63, 3.8) is 0 Å². The molecule has 1 spiro atoms. The standard InChI is InChI=1S/C67H46N2/c1-4-22-47(23-5-1)48-40-42-50(43-41-48)54-29-13-18-36-63(54)69(64-37-19-14-32-58(64)55-30-11-10-28-53(55)49-24-6-2-7-25-49)52-44-45-57-56-31-12-15-33-59(56)67(62(57)46-52)60-34-16-20-38-65(60)68(51-26-8-3-9-27-51)66-39-21-17-35-61(66)67/h1-46H. The monoisotopic (exact) mass is 878 g/mol. The molecule has 0 amide bonds. The first-order chi connectivity index (χ1) is 34.3. The summed E-state index contributed by atoms with van der Waals surface area (Å²) >= 11 is 0. The third kappa shape index (κ3) is 6.48. The van der Waals surface area contributed by atoms with Crippen molar-refractivity contribution in [3.05, 3.63) is 301 Å². The molecule has 0 atom stereocenters. The average Bonchev–Trinajstić information content (AvgIpc) is 3.72. The van der Waals surface area contributed by atoms with E-state index in [1.807, 2.05) is 0 Å². The zero-order valence-electron chi connectivity index (χ0n) is 38.0. The number of rotatable bonds is 8. The summed E-state index contributed by atoms with van der Waals surface area (Å²) in [4.78, 5) is 4.97. The molecule has 324 valence electrons. The van der Waals surface area contributed by atoms with Gasteiger partial charge in [-0.05, 0) is 115 Å². The van der Waals surface area contributed by atoms with Crippen molar-refractivity contribution >= 4 is 34.1 Å². The summed E-state index contributed by atoms with van der Waals surface area (Å²) in [5.41, 5.74) is 23.2. The fourth-order valence-electron chi connectivity index (χ4n) is 11.4. The van der Waals surface area contributed by atoms with E-state index in [4.69, 9.17) is 0 Å². The van der Waals surface area contributed by atoms with Gasteiger partial charge in [0.1, 0.15) is 0 Å². The molecule has 1 aliphatic heterocycles. The minimum Gasteiger partial charge on any atom is -0.310 e. The Morgan fingerprint density at radius 2 is 0.681 bits per heavy atom. The van der Waals surface area contributed by atoms with E-state index >= 15 is 0 Å². The largest absolute Gasteiger partial charge is 0.310 e. The molecule has 2 heteroatoms. The van der Waals surface area contributed by atoms with Crippen molar-refractivity contribution in [3.8, 4) is 55.6 Å². The summed E-state index contributed by atoms with van der Waals surface area (Å²) < 4.78 is 0. The second-order valence-electron chi connectivity index (χ2n) is 18.0. The molecule has 0 N–H and O–H groups in total. The van der Waals surface area contributed by atoms with Crippen molar-refractivity contribution in [2.45, 2.75) is 5.41 Å². The summed E-state index contributed by atoms with van der Waals surface area (Å²) in [5.74, 6) is 0. The molecule has 0 unspecified atom stereocenters. The maximum atomic E-state index is 2.52. The number of para-hydroxylation sites is 5. The average molecular weight is 879 g/mol. The maximum absolute atomic E-state index is 2.52. The van der Waals surface area contributed by atoms with Gasteiger partial charge in [0.25, 0.3) is 0 Å². The van der Waals surface area contributed by atoms with Gasteiger partial charge in [-0.15, -0.1) is 0 Å². The van der Waals surface area contributed by atoms with Crippen LogP contribution in [0.2, 0.25) is 0 Å². The van der Waals surface area contributed by atoms with E-state index in [-0.39, 0.29) is 0 Å². The first kappa shape index (κ1) is 40.3. The Bertz CT molecular complexity index is 3620. The van der Waals surface area contributed by atoms with Crippen LogP contribution < -0.4 is 9.80 Å². The number of fused-ring (bicyclic) bond motifs is 9. The van der Waals surface area contributed by atoms with Crippen LogP contribution in [0.25, 0.3) is 55.6 Å². The molecule has 0 fully saturated rings. The van der Waals surface area contributed by atoms with Crippen LogP contribution >= 0.6 is 0 Å². The number of benzene rings is 11. The molecule has 0 saturated carbocycles. The van der Waals surface area contributed by atoms with Crippen LogP contribution in [-0.4, -0.2) is 0 Å². The highest BCUT2D eigenvalue weighted by Gasteiger charge is 2.52. The van der Waals surface area contributed by atoms with Gasteiger partial charge in [0.2, 0.25) is 0 Å². The maximum Gasteiger partial charge on any atom is 0.0755 e. The summed E-state index contributed by atoms with van der Waals surface area (Å²) in [6.07, 6.45) is 0. The van der Waals surface area contributed by atoms with Crippen molar-refractivity contribution in [1.82, 2.24) is 0 Å². The van der Waals surface area contributed by atoms with Gasteiger partial charge in [-0.2, -0.15) is 0 Å². The summed E-state index contributed by atoms with van der Waals surface area (Å²) in [5, 5.41) is 0. The fourth-order valence-corrected chi connectivity index (χ4v) is 11.4. The van der Waals surface area contributed by atoms with Crippen molar-refractivity contribution in [2.75, 3.05) is 9.80 Å². The summed E-state index contributed by atoms with van der Waals surface area (Å²) in [7, 11) is 0. The molecule has 0 bridgehead atoms. The lowest BCUT2D eigenvalue weighted by atomic mass is 9.64. The number of hydrogen-bond acceptors (Lipinski definition) is 2. The second kappa shape index (κ2) is 16.7. The van der Waals surface area contributed by atoms with Gasteiger partial charge in [0, 0.05) is 22.5 Å². The van der Waals surface area contributed by atoms with Crippen LogP contribution in [0.4, 0.5) is 34.1 Å². The zero-order valence-corrected chi connectivity index (χ0v) is 38.0. The van der Waals surface area contributed by atoms with Gasteiger partial charge in [-0.25, -0.2) is 0 Å². The minimum atomic E-state index is -0.613. The Kier molecular flexibility index (Phi) is 9.77. The Morgan fingerprint density at radius 3 is 1.33 bits per heavy atom. The van der Waals surface area contributed by atoms with Crippen molar-refractivity contribution in [1.29, 1.82) is 0 Å². The highest BCUT2D eigenvalue weighted by Crippen LogP contribution is 2.64. The lowest BCUT2D eigenvalue weighted by Crippen LogP contribution is -2.36. The topological polar surface area (TPSA) is 6.48 Å². The molecule has 0 saturated heterocycles. The van der Waals surface area contributed by atoms with Crippen LogP contribution in [0.15, 0.2) is 279 Å². The SMILES string of the molecule is c1ccc(-c2ccc(-c3ccccc3N(c3ccc4c(c3)C3(c5ccccc5-4)c4ccccc4N(c4ccccc4)c4ccccc43)c3ccccc3-c3ccccc3-c3ccccc3)cc2)cc1. The van der Waals surface area contributed by atoms with Crippen LogP contribution in [-0.2, 0) is 5.41 Å². The fraction of sp³-hybridized carbons (Fsp3) is 0.0149. The van der Waals surface area contributed by atoms with E-state index in [9.17, 15) is 0 Å². The van der Waals surface area contributed by atoms with Crippen LogP contribution in [0, 0.1) is 0 Å². The molecule has 13 rings (SSSR count). The quantitative estimate of drug-likeness (QED) is 0.150. The molecule has 11 aromatic rings. The molecule has 1 heterocycles. The number of hydrogen-bond donors (Lipinski definition) is 0. The van der Waals surface area contributed by atoms with Gasteiger partial charge < -0.3 is 9.80 Å². The minimum absolute atomic E-state index is 0.613. The lowest BCUT2D eigenvalue weighted by molar-refractivity contribution is 0.752. The van der Waals surface area contributed by atoms with E-state index in [1.54, 1.807) is 0 Å². The van der Waals surface area contributed by atoms with E-state index < -0.39 is 5.41 Å². The lowest BCUT2D eigenvalue weighted by Gasteiger charge is -2.45. The van der Waals surface area contributed by atoms with Gasteiger partial charge in [-0.1, -0.05) is 231 Å². The molecule has 69 heavy (non-hydrogen) atoms. The van der Waals surface area contributed by atoms with Crippen LogP contribution in [0.1, 0.15) is 22.3 Å². The third-order valence-corrected chi connectivity index (χ3v) is 14.3. The summed E-state index contributed by atoms with van der Waals surface area (Å²) in [6.45, 7) is 0. The molecule has 0 aromatic heterocycles. The normalized spacial score (nSPS) is 12.7. The molecule has 2 nitrogen and oxygen atoms in total. The first-order valence-corrected chi connectivity index (χ1v) is 23.8.